The summed E-state index contributed by atoms with van der Waals surface area (Å²) >= 11 is 0. The van der Waals surface area contributed by atoms with Crippen molar-refractivity contribution >= 4 is 17.5 Å². The van der Waals surface area contributed by atoms with E-state index in [0.29, 0.717) is 11.6 Å². The summed E-state index contributed by atoms with van der Waals surface area (Å²) in [6, 6.07) is 12.9. The molecule has 0 fully saturated rings. The number of benzene rings is 1. The normalized spacial score (nSPS) is 10.4. The maximum Gasteiger partial charge on any atom is 0.256 e. The van der Waals surface area contributed by atoms with Crippen LogP contribution in [0.25, 0.3) is 0 Å². The lowest BCUT2D eigenvalue weighted by Crippen LogP contribution is -2.22. The number of carbonyl (C=O) groups is 1. The molecular weight excluding hydrogens is 333 g/mol. The summed E-state index contributed by atoms with van der Waals surface area (Å²) in [4.78, 5) is 18.1. The van der Waals surface area contributed by atoms with Gasteiger partial charge in [0, 0.05) is 31.5 Å². The number of nitrogens with one attached hydrogen (secondary N) is 1. The van der Waals surface area contributed by atoms with Gasteiger partial charge in [-0.05, 0) is 54.4 Å². The van der Waals surface area contributed by atoms with Crippen LogP contribution in [0.4, 0.5) is 16.0 Å². The van der Waals surface area contributed by atoms with Crippen molar-refractivity contribution in [3.05, 3.63) is 77.9 Å². The minimum atomic E-state index is -0.463. The van der Waals surface area contributed by atoms with E-state index >= 15 is 0 Å². The summed E-state index contributed by atoms with van der Waals surface area (Å²) < 4.78 is 13.2. The van der Waals surface area contributed by atoms with Crippen LogP contribution in [0.3, 0.4) is 0 Å². The van der Waals surface area contributed by atoms with Gasteiger partial charge in [0.25, 0.3) is 5.91 Å². The molecule has 0 saturated carbocycles. The molecule has 0 radical (unpaired) electrons. The molecule has 7 heteroatoms. The Kier molecular flexibility index (Phi) is 5.48. The molecule has 2 aromatic heterocycles. The Morgan fingerprint density at radius 1 is 1.12 bits per heavy atom. The smallest absolute Gasteiger partial charge is 0.256 e. The summed E-state index contributed by atoms with van der Waals surface area (Å²) in [6.45, 7) is 0.772. The number of likely N-dealkylation sites (N-methyl/N-ethyl adjacent to an activating group) is 1. The van der Waals surface area contributed by atoms with Crippen LogP contribution >= 0.6 is 0 Å². The van der Waals surface area contributed by atoms with Crippen LogP contribution in [0, 0.1) is 5.82 Å². The van der Waals surface area contributed by atoms with Gasteiger partial charge < -0.3 is 10.2 Å². The molecule has 0 aliphatic carbocycles. The van der Waals surface area contributed by atoms with Crippen molar-refractivity contribution in [2.75, 3.05) is 23.8 Å². The van der Waals surface area contributed by atoms with Crippen molar-refractivity contribution in [1.82, 2.24) is 15.2 Å². The van der Waals surface area contributed by atoms with Crippen molar-refractivity contribution in [3.8, 4) is 0 Å². The van der Waals surface area contributed by atoms with Crippen molar-refractivity contribution in [2.45, 2.75) is 6.42 Å². The van der Waals surface area contributed by atoms with E-state index in [9.17, 15) is 9.18 Å². The van der Waals surface area contributed by atoms with Crippen LogP contribution < -0.4 is 10.2 Å². The lowest BCUT2D eigenvalue weighted by molar-refractivity contribution is 0.102. The maximum absolute atomic E-state index is 13.2. The first-order chi connectivity index (χ1) is 12.6. The van der Waals surface area contributed by atoms with Crippen LogP contribution in [-0.2, 0) is 6.42 Å². The first-order valence-electron chi connectivity index (χ1n) is 8.12. The fourth-order valence-electron chi connectivity index (χ4n) is 2.37. The molecule has 0 aliphatic rings. The molecule has 132 valence electrons. The van der Waals surface area contributed by atoms with Crippen molar-refractivity contribution in [3.63, 3.8) is 0 Å². The molecule has 0 aliphatic heterocycles. The van der Waals surface area contributed by atoms with Crippen LogP contribution in [0.15, 0.2) is 60.9 Å². The summed E-state index contributed by atoms with van der Waals surface area (Å²) in [5, 5.41) is 10.8. The van der Waals surface area contributed by atoms with Gasteiger partial charge in [0.05, 0.1) is 0 Å². The van der Waals surface area contributed by atoms with E-state index in [1.807, 2.05) is 24.1 Å². The van der Waals surface area contributed by atoms with Gasteiger partial charge in [-0.3, -0.25) is 9.78 Å². The highest BCUT2D eigenvalue weighted by atomic mass is 19.1. The number of hydrogen-bond acceptors (Lipinski definition) is 5. The average Bonchev–Trinajstić information content (AvgIpc) is 2.67. The van der Waals surface area contributed by atoms with E-state index in [2.05, 4.69) is 20.5 Å². The van der Waals surface area contributed by atoms with E-state index < -0.39 is 11.7 Å². The quantitative estimate of drug-likeness (QED) is 0.739. The number of carbonyl (C=O) groups excluding carboxylic acids is 1. The van der Waals surface area contributed by atoms with Gasteiger partial charge >= 0.3 is 0 Å². The zero-order valence-electron chi connectivity index (χ0n) is 14.3. The number of hydrogen-bond donors (Lipinski definition) is 1. The SMILES string of the molecule is CN(CCc1ccncc1)c1ccc(NC(=O)c2cccc(F)c2)nn1. The van der Waals surface area contributed by atoms with Crippen molar-refractivity contribution in [2.24, 2.45) is 0 Å². The molecule has 2 heterocycles. The Bertz CT molecular complexity index is 871. The van der Waals surface area contributed by atoms with Gasteiger partial charge in [-0.25, -0.2) is 4.39 Å². The Balaban J connectivity index is 1.58. The van der Waals surface area contributed by atoms with Gasteiger partial charge in [0.1, 0.15) is 5.82 Å². The maximum atomic E-state index is 13.2. The molecule has 0 unspecified atom stereocenters. The monoisotopic (exact) mass is 351 g/mol. The molecule has 3 rings (SSSR count). The number of amides is 1. The first-order valence-corrected chi connectivity index (χ1v) is 8.12. The highest BCUT2D eigenvalue weighted by molar-refractivity contribution is 6.03. The van der Waals surface area contributed by atoms with Gasteiger partial charge in [0.2, 0.25) is 0 Å². The Hall–Kier alpha value is -3.35. The van der Waals surface area contributed by atoms with Crippen LogP contribution in [0.1, 0.15) is 15.9 Å². The van der Waals surface area contributed by atoms with Gasteiger partial charge in [-0.1, -0.05) is 6.07 Å². The second-order valence-corrected chi connectivity index (χ2v) is 5.77. The van der Waals surface area contributed by atoms with E-state index in [4.69, 9.17) is 0 Å². The number of halogens is 1. The largest absolute Gasteiger partial charge is 0.358 e. The third-order valence-corrected chi connectivity index (χ3v) is 3.86. The van der Waals surface area contributed by atoms with E-state index in [1.54, 1.807) is 24.5 Å². The minimum absolute atomic E-state index is 0.227. The number of aromatic nitrogens is 3. The summed E-state index contributed by atoms with van der Waals surface area (Å²) in [7, 11) is 1.93. The second kappa shape index (κ2) is 8.15. The highest BCUT2D eigenvalue weighted by Gasteiger charge is 2.09. The minimum Gasteiger partial charge on any atom is -0.358 e. The molecule has 3 aromatic rings. The Morgan fingerprint density at radius 3 is 2.62 bits per heavy atom. The number of nitrogens with zero attached hydrogens (tertiary/aromatic N) is 4. The van der Waals surface area contributed by atoms with E-state index in [0.717, 1.165) is 13.0 Å². The van der Waals surface area contributed by atoms with Crippen LogP contribution in [0.5, 0.6) is 0 Å². The standard InChI is InChI=1S/C19H18FN5O/c1-25(12-9-14-7-10-21-11-8-14)18-6-5-17(23-24-18)22-19(26)15-3-2-4-16(20)13-15/h2-8,10-11,13H,9,12H2,1H3,(H,22,23,26). The zero-order valence-corrected chi connectivity index (χ0v) is 14.3. The second-order valence-electron chi connectivity index (χ2n) is 5.77. The molecule has 6 nitrogen and oxygen atoms in total. The summed E-state index contributed by atoms with van der Waals surface area (Å²) in [5.74, 6) is 0.112. The summed E-state index contributed by atoms with van der Waals surface area (Å²) in [5.41, 5.74) is 1.42. The van der Waals surface area contributed by atoms with Crippen LogP contribution in [-0.4, -0.2) is 34.7 Å². The predicted octanol–water partition coefficient (Wildman–Crippen LogP) is 2.94. The molecule has 1 N–H and O–H groups in total. The van der Waals surface area contributed by atoms with E-state index in [-0.39, 0.29) is 5.56 Å². The van der Waals surface area contributed by atoms with Gasteiger partial charge in [-0.15, -0.1) is 10.2 Å². The molecule has 0 saturated heterocycles. The summed E-state index contributed by atoms with van der Waals surface area (Å²) in [6.07, 6.45) is 4.40. The van der Waals surface area contributed by atoms with Crippen molar-refractivity contribution < 1.29 is 9.18 Å². The van der Waals surface area contributed by atoms with E-state index in [1.165, 1.54) is 29.8 Å². The Morgan fingerprint density at radius 2 is 1.92 bits per heavy atom. The predicted molar refractivity (Wildman–Crippen MR) is 97.6 cm³/mol. The van der Waals surface area contributed by atoms with Crippen LogP contribution in [0.2, 0.25) is 0 Å². The van der Waals surface area contributed by atoms with Gasteiger partial charge in [0.15, 0.2) is 11.6 Å². The molecular formula is C19H18FN5O. The molecule has 26 heavy (non-hydrogen) atoms. The molecule has 0 atom stereocenters. The first kappa shape index (κ1) is 17.5. The molecule has 1 aromatic carbocycles. The molecule has 1 amide bonds. The topological polar surface area (TPSA) is 71.0 Å². The fourth-order valence-corrected chi connectivity index (χ4v) is 2.37. The van der Waals surface area contributed by atoms with Gasteiger partial charge in [-0.2, -0.15) is 0 Å². The lowest BCUT2D eigenvalue weighted by Gasteiger charge is -2.17. The Labute approximate surface area is 150 Å². The average molecular weight is 351 g/mol. The molecule has 0 bridgehead atoms. The molecule has 0 spiro atoms. The zero-order chi connectivity index (χ0) is 18.4. The third-order valence-electron chi connectivity index (χ3n) is 3.86. The number of pyridine rings is 1. The fraction of sp³-hybridized carbons (Fsp3) is 0.158. The highest BCUT2D eigenvalue weighted by Crippen LogP contribution is 2.12. The number of rotatable bonds is 6. The number of anilines is 2. The third kappa shape index (κ3) is 4.60. The van der Waals surface area contributed by atoms with Crippen molar-refractivity contribution in [1.29, 1.82) is 0 Å². The lowest BCUT2D eigenvalue weighted by atomic mass is 10.2.